The van der Waals surface area contributed by atoms with Crippen LogP contribution in [0.2, 0.25) is 0 Å². The van der Waals surface area contributed by atoms with Gasteiger partial charge in [-0.3, -0.25) is 4.79 Å². The molecule has 0 aromatic heterocycles. The predicted octanol–water partition coefficient (Wildman–Crippen LogP) is 3.98. The third kappa shape index (κ3) is 4.48. The lowest BCUT2D eigenvalue weighted by atomic mass is 9.82. The minimum Gasteiger partial charge on any atom is -0.385 e. The van der Waals surface area contributed by atoms with Crippen LogP contribution in [0.15, 0.2) is 18.2 Å². The van der Waals surface area contributed by atoms with Crippen LogP contribution in [0.4, 0.5) is 5.69 Å². The summed E-state index contributed by atoms with van der Waals surface area (Å²) >= 11 is 0. The monoisotopic (exact) mass is 288 g/mol. The third-order valence-corrected chi connectivity index (χ3v) is 4.45. The van der Waals surface area contributed by atoms with Crippen LogP contribution in [-0.4, -0.2) is 19.0 Å². The van der Waals surface area contributed by atoms with E-state index in [2.05, 4.69) is 24.5 Å². The zero-order chi connectivity index (χ0) is 15.2. The fourth-order valence-electron chi connectivity index (χ4n) is 3.28. The van der Waals surface area contributed by atoms with E-state index in [4.69, 9.17) is 0 Å². The zero-order valence-electron chi connectivity index (χ0n) is 13.5. The standard InChI is InChI=1S/C18H28N2O/c1-4-19-17-9-8-16(11-14(17)3)18(21)20-12-15-7-5-6-13(2)10-15/h8-9,11,13,15,19H,4-7,10,12H2,1-3H3,(H,20,21). The largest absolute Gasteiger partial charge is 0.385 e. The van der Waals surface area contributed by atoms with Crippen molar-refractivity contribution in [2.75, 3.05) is 18.4 Å². The molecule has 0 bridgehead atoms. The van der Waals surface area contributed by atoms with E-state index in [1.165, 1.54) is 25.7 Å². The molecule has 2 unspecified atom stereocenters. The molecule has 0 radical (unpaired) electrons. The van der Waals surface area contributed by atoms with Gasteiger partial charge in [-0.05, 0) is 62.3 Å². The summed E-state index contributed by atoms with van der Waals surface area (Å²) in [6.45, 7) is 8.14. The first-order valence-electron chi connectivity index (χ1n) is 8.22. The van der Waals surface area contributed by atoms with E-state index in [-0.39, 0.29) is 5.91 Å². The van der Waals surface area contributed by atoms with Crippen LogP contribution < -0.4 is 10.6 Å². The maximum atomic E-state index is 12.3. The van der Waals surface area contributed by atoms with Gasteiger partial charge in [-0.15, -0.1) is 0 Å². The Kier molecular flexibility index (Phi) is 5.66. The molecule has 0 saturated heterocycles. The van der Waals surface area contributed by atoms with Crippen LogP contribution in [0.3, 0.4) is 0 Å². The van der Waals surface area contributed by atoms with Crippen LogP contribution in [0, 0.1) is 18.8 Å². The molecule has 2 rings (SSSR count). The fourth-order valence-corrected chi connectivity index (χ4v) is 3.28. The smallest absolute Gasteiger partial charge is 0.251 e. The quantitative estimate of drug-likeness (QED) is 0.860. The van der Waals surface area contributed by atoms with Gasteiger partial charge in [0.1, 0.15) is 0 Å². The molecule has 2 N–H and O–H groups in total. The van der Waals surface area contributed by atoms with E-state index in [0.717, 1.165) is 35.8 Å². The summed E-state index contributed by atoms with van der Waals surface area (Å²) in [5.41, 5.74) is 2.99. The highest BCUT2D eigenvalue weighted by atomic mass is 16.1. The van der Waals surface area contributed by atoms with Crippen LogP contribution >= 0.6 is 0 Å². The Balaban J connectivity index is 1.89. The number of aryl methyl sites for hydroxylation is 1. The van der Waals surface area contributed by atoms with Crippen molar-refractivity contribution in [3.8, 4) is 0 Å². The second-order valence-corrected chi connectivity index (χ2v) is 6.41. The lowest BCUT2D eigenvalue weighted by Crippen LogP contribution is -2.31. The molecule has 0 spiro atoms. The first kappa shape index (κ1) is 15.9. The van der Waals surface area contributed by atoms with Crippen molar-refractivity contribution < 1.29 is 4.79 Å². The van der Waals surface area contributed by atoms with Crippen molar-refractivity contribution in [3.05, 3.63) is 29.3 Å². The molecule has 21 heavy (non-hydrogen) atoms. The molecule has 0 aliphatic heterocycles. The molecule has 1 saturated carbocycles. The lowest BCUT2D eigenvalue weighted by molar-refractivity contribution is 0.0940. The van der Waals surface area contributed by atoms with Crippen molar-refractivity contribution in [2.45, 2.75) is 46.5 Å². The Hall–Kier alpha value is -1.51. The maximum Gasteiger partial charge on any atom is 0.251 e. The van der Waals surface area contributed by atoms with Crippen LogP contribution in [-0.2, 0) is 0 Å². The number of hydrogen-bond donors (Lipinski definition) is 2. The normalized spacial score (nSPS) is 21.9. The summed E-state index contributed by atoms with van der Waals surface area (Å²) in [5.74, 6) is 1.52. The van der Waals surface area contributed by atoms with Gasteiger partial charge in [-0.1, -0.05) is 19.8 Å². The van der Waals surface area contributed by atoms with E-state index in [1.54, 1.807) is 0 Å². The third-order valence-electron chi connectivity index (χ3n) is 4.45. The first-order valence-corrected chi connectivity index (χ1v) is 8.22. The first-order chi connectivity index (χ1) is 10.1. The zero-order valence-corrected chi connectivity index (χ0v) is 13.5. The number of carbonyl (C=O) groups excluding carboxylic acids is 1. The molecule has 0 heterocycles. The SMILES string of the molecule is CCNc1ccc(C(=O)NCC2CCCC(C)C2)cc1C. The number of rotatable bonds is 5. The molecule has 1 fully saturated rings. The summed E-state index contributed by atoms with van der Waals surface area (Å²) < 4.78 is 0. The molecule has 1 aliphatic carbocycles. The minimum absolute atomic E-state index is 0.0550. The Morgan fingerprint density at radius 3 is 2.81 bits per heavy atom. The Morgan fingerprint density at radius 2 is 2.14 bits per heavy atom. The second kappa shape index (κ2) is 7.48. The molecule has 3 heteroatoms. The summed E-state index contributed by atoms with van der Waals surface area (Å²) in [6, 6.07) is 5.87. The Labute approximate surface area is 128 Å². The van der Waals surface area contributed by atoms with Crippen LogP contribution in [0.25, 0.3) is 0 Å². The minimum atomic E-state index is 0.0550. The summed E-state index contributed by atoms with van der Waals surface area (Å²) in [4.78, 5) is 12.3. The summed E-state index contributed by atoms with van der Waals surface area (Å²) in [5, 5.41) is 6.41. The second-order valence-electron chi connectivity index (χ2n) is 6.41. The van der Waals surface area contributed by atoms with Gasteiger partial charge in [0.15, 0.2) is 0 Å². The molecular weight excluding hydrogens is 260 g/mol. The predicted molar refractivity (Wildman–Crippen MR) is 88.8 cm³/mol. The average Bonchev–Trinajstić information content (AvgIpc) is 2.47. The van der Waals surface area contributed by atoms with Crippen molar-refractivity contribution in [3.63, 3.8) is 0 Å². The van der Waals surface area contributed by atoms with E-state index < -0.39 is 0 Å². The van der Waals surface area contributed by atoms with Gasteiger partial charge in [0.2, 0.25) is 0 Å². The molecule has 1 aliphatic rings. The van der Waals surface area contributed by atoms with Crippen LogP contribution in [0.1, 0.15) is 55.5 Å². The molecule has 2 atom stereocenters. The number of carbonyl (C=O) groups is 1. The topological polar surface area (TPSA) is 41.1 Å². The van der Waals surface area contributed by atoms with E-state index >= 15 is 0 Å². The summed E-state index contributed by atoms with van der Waals surface area (Å²) in [6.07, 6.45) is 5.15. The molecular formula is C18H28N2O. The number of hydrogen-bond acceptors (Lipinski definition) is 2. The van der Waals surface area contributed by atoms with Gasteiger partial charge >= 0.3 is 0 Å². The lowest BCUT2D eigenvalue weighted by Gasteiger charge is -2.26. The van der Waals surface area contributed by atoms with Gasteiger partial charge < -0.3 is 10.6 Å². The number of amides is 1. The highest BCUT2D eigenvalue weighted by Crippen LogP contribution is 2.28. The average molecular weight is 288 g/mol. The number of nitrogens with one attached hydrogen (secondary N) is 2. The molecule has 116 valence electrons. The van der Waals surface area contributed by atoms with E-state index in [0.29, 0.717) is 5.92 Å². The number of anilines is 1. The highest BCUT2D eigenvalue weighted by Gasteiger charge is 2.19. The number of benzene rings is 1. The van der Waals surface area contributed by atoms with E-state index in [9.17, 15) is 4.79 Å². The van der Waals surface area contributed by atoms with Crippen molar-refractivity contribution in [1.29, 1.82) is 0 Å². The molecule has 1 aromatic carbocycles. The molecule has 1 aromatic rings. The van der Waals surface area contributed by atoms with Gasteiger partial charge in [0.25, 0.3) is 5.91 Å². The van der Waals surface area contributed by atoms with Gasteiger partial charge in [-0.2, -0.15) is 0 Å². The summed E-state index contributed by atoms with van der Waals surface area (Å²) in [7, 11) is 0. The molecule has 1 amide bonds. The van der Waals surface area contributed by atoms with Crippen LogP contribution in [0.5, 0.6) is 0 Å². The highest BCUT2D eigenvalue weighted by molar-refractivity contribution is 5.94. The van der Waals surface area contributed by atoms with Gasteiger partial charge in [0.05, 0.1) is 0 Å². The maximum absolute atomic E-state index is 12.3. The van der Waals surface area contributed by atoms with Gasteiger partial charge in [0, 0.05) is 24.3 Å². The van der Waals surface area contributed by atoms with Crippen molar-refractivity contribution >= 4 is 11.6 Å². The Morgan fingerprint density at radius 1 is 1.33 bits per heavy atom. The fraction of sp³-hybridized carbons (Fsp3) is 0.611. The van der Waals surface area contributed by atoms with Crippen molar-refractivity contribution in [2.24, 2.45) is 11.8 Å². The van der Waals surface area contributed by atoms with Crippen molar-refractivity contribution in [1.82, 2.24) is 5.32 Å². The Bertz CT molecular complexity index is 484. The molecule has 3 nitrogen and oxygen atoms in total. The van der Waals surface area contributed by atoms with E-state index in [1.807, 2.05) is 25.1 Å². The van der Waals surface area contributed by atoms with Gasteiger partial charge in [-0.25, -0.2) is 0 Å².